The first-order valence-corrected chi connectivity index (χ1v) is 10.3. The fourth-order valence-corrected chi connectivity index (χ4v) is 3.70. The molecule has 1 saturated heterocycles. The monoisotopic (exact) mass is 438 g/mol. The first-order chi connectivity index (χ1) is 14.9. The van der Waals surface area contributed by atoms with Crippen LogP contribution in [0.1, 0.15) is 23.9 Å². The van der Waals surface area contributed by atoms with Crippen molar-refractivity contribution in [2.45, 2.75) is 26.5 Å². The number of imidazole rings is 1. The van der Waals surface area contributed by atoms with Gasteiger partial charge in [-0.15, -0.1) is 0 Å². The average Bonchev–Trinajstić information content (AvgIpc) is 3.17. The van der Waals surface area contributed by atoms with E-state index < -0.39 is 0 Å². The number of morpholine rings is 1. The molecular weight excluding hydrogens is 416 g/mol. The number of hydrogen-bond donors (Lipinski definition) is 0. The molecule has 3 heterocycles. The lowest BCUT2D eigenvalue weighted by molar-refractivity contribution is -0.139. The molecule has 1 fully saturated rings. The molecule has 1 atom stereocenters. The van der Waals surface area contributed by atoms with Gasteiger partial charge in [0.2, 0.25) is 0 Å². The number of nitrogens with zero attached hydrogens (tertiary/aromatic N) is 4. The Kier molecular flexibility index (Phi) is 5.95. The number of pyridine rings is 1. The van der Waals surface area contributed by atoms with Gasteiger partial charge in [0, 0.05) is 6.20 Å². The minimum atomic E-state index is -0.187. The molecule has 1 amide bonds. The second kappa shape index (κ2) is 8.81. The molecule has 4 rings (SSSR count). The van der Waals surface area contributed by atoms with Crippen LogP contribution < -0.4 is 4.74 Å². The van der Waals surface area contributed by atoms with Gasteiger partial charge in [-0.3, -0.25) is 4.79 Å². The quantitative estimate of drug-likeness (QED) is 0.444. The maximum Gasteiger partial charge on any atom is 0.289 e. The first-order valence-electron chi connectivity index (χ1n) is 9.91. The number of aromatic nitrogens is 3. The van der Waals surface area contributed by atoms with Crippen LogP contribution >= 0.6 is 11.6 Å². The van der Waals surface area contributed by atoms with Gasteiger partial charge in [-0.2, -0.15) is 0 Å². The molecule has 1 aliphatic rings. The molecule has 3 aromatic rings. The van der Waals surface area contributed by atoms with Crippen LogP contribution in [0.4, 0.5) is 0 Å². The van der Waals surface area contributed by atoms with Crippen molar-refractivity contribution in [1.29, 1.82) is 0 Å². The van der Waals surface area contributed by atoms with E-state index in [-0.39, 0.29) is 17.8 Å². The third kappa shape index (κ3) is 4.72. The minimum Gasteiger partial charge on any atom is -0.495 e. The zero-order valence-electron chi connectivity index (χ0n) is 17.6. The molecule has 0 radical (unpaired) electrons. The fraction of sp³-hybridized carbons (Fsp3) is 0.261. The predicted molar refractivity (Wildman–Crippen MR) is 118 cm³/mol. The highest BCUT2D eigenvalue weighted by molar-refractivity contribution is 6.29. The van der Waals surface area contributed by atoms with E-state index in [4.69, 9.17) is 21.1 Å². The number of benzene rings is 1. The molecule has 160 valence electrons. The van der Waals surface area contributed by atoms with E-state index in [9.17, 15) is 4.79 Å². The smallest absolute Gasteiger partial charge is 0.289 e. The van der Waals surface area contributed by atoms with E-state index in [1.807, 2.05) is 54.9 Å². The summed E-state index contributed by atoms with van der Waals surface area (Å²) in [7, 11) is 1.61. The molecule has 0 spiro atoms. The normalized spacial score (nSPS) is 17.7. The Labute approximate surface area is 185 Å². The Hall–Kier alpha value is -3.32. The standard InChI is InChI=1S/C23H23ClN4O3/c1-15-11-28(14-25-15)19-8-7-17(9-20(19)30-3)10-21-23(29)27(12-16(2)31-21)13-18-5-4-6-22(24)26-18/h4-11,14,16H,12-13H2,1-3H3/t16-/m0/s1. The molecule has 0 N–H and O–H groups in total. The Bertz CT molecular complexity index is 1140. The number of amides is 1. The van der Waals surface area contributed by atoms with Crippen molar-refractivity contribution in [2.24, 2.45) is 0 Å². The lowest BCUT2D eigenvalue weighted by atomic mass is 10.1. The second-order valence-electron chi connectivity index (χ2n) is 7.43. The number of halogens is 1. The number of ether oxygens (including phenoxy) is 2. The number of carbonyl (C=O) groups is 1. The van der Waals surface area contributed by atoms with Crippen LogP contribution in [0.3, 0.4) is 0 Å². The second-order valence-corrected chi connectivity index (χ2v) is 7.82. The zero-order chi connectivity index (χ0) is 22.0. The molecule has 1 aliphatic heterocycles. The molecule has 8 heteroatoms. The van der Waals surface area contributed by atoms with Crippen LogP contribution in [0.2, 0.25) is 5.15 Å². The summed E-state index contributed by atoms with van der Waals surface area (Å²) in [4.78, 5) is 23.3. The van der Waals surface area contributed by atoms with Crippen molar-refractivity contribution >= 4 is 23.6 Å². The Morgan fingerprint density at radius 1 is 1.32 bits per heavy atom. The van der Waals surface area contributed by atoms with Crippen LogP contribution in [0.5, 0.6) is 5.75 Å². The summed E-state index contributed by atoms with van der Waals surface area (Å²) >= 11 is 5.98. The Morgan fingerprint density at radius 3 is 2.87 bits per heavy atom. The summed E-state index contributed by atoms with van der Waals surface area (Å²) in [5, 5.41) is 0.405. The van der Waals surface area contributed by atoms with Crippen molar-refractivity contribution < 1.29 is 14.3 Å². The number of hydrogen-bond acceptors (Lipinski definition) is 5. The van der Waals surface area contributed by atoms with Crippen molar-refractivity contribution in [3.63, 3.8) is 0 Å². The van der Waals surface area contributed by atoms with Gasteiger partial charge in [-0.25, -0.2) is 9.97 Å². The Balaban J connectivity index is 1.60. The van der Waals surface area contributed by atoms with Crippen LogP contribution in [0, 0.1) is 6.92 Å². The van der Waals surface area contributed by atoms with E-state index in [2.05, 4.69) is 9.97 Å². The van der Waals surface area contributed by atoms with Gasteiger partial charge in [0.25, 0.3) is 5.91 Å². The van der Waals surface area contributed by atoms with Crippen LogP contribution in [-0.4, -0.2) is 45.1 Å². The fourth-order valence-electron chi connectivity index (χ4n) is 3.52. The zero-order valence-corrected chi connectivity index (χ0v) is 18.3. The highest BCUT2D eigenvalue weighted by atomic mass is 35.5. The van der Waals surface area contributed by atoms with Crippen LogP contribution in [-0.2, 0) is 16.1 Å². The largest absolute Gasteiger partial charge is 0.495 e. The molecule has 7 nitrogen and oxygen atoms in total. The van der Waals surface area contributed by atoms with Crippen molar-refractivity contribution in [1.82, 2.24) is 19.4 Å². The molecule has 0 aliphatic carbocycles. The van der Waals surface area contributed by atoms with Gasteiger partial charge < -0.3 is 18.9 Å². The van der Waals surface area contributed by atoms with E-state index >= 15 is 0 Å². The maximum absolute atomic E-state index is 13.0. The number of rotatable bonds is 5. The summed E-state index contributed by atoms with van der Waals surface area (Å²) in [6.07, 6.45) is 5.26. The topological polar surface area (TPSA) is 69.5 Å². The van der Waals surface area contributed by atoms with E-state index in [0.29, 0.717) is 24.0 Å². The van der Waals surface area contributed by atoms with Crippen LogP contribution in [0.15, 0.2) is 54.7 Å². The third-order valence-electron chi connectivity index (χ3n) is 4.92. The summed E-state index contributed by atoms with van der Waals surface area (Å²) in [6, 6.07) is 11.1. The summed E-state index contributed by atoms with van der Waals surface area (Å²) in [6.45, 7) is 4.71. The van der Waals surface area contributed by atoms with E-state index in [1.54, 1.807) is 30.5 Å². The third-order valence-corrected chi connectivity index (χ3v) is 5.13. The molecule has 2 aromatic heterocycles. The van der Waals surface area contributed by atoms with Crippen LogP contribution in [0.25, 0.3) is 11.8 Å². The number of aryl methyl sites for hydroxylation is 1. The summed E-state index contributed by atoms with van der Waals surface area (Å²) in [5.41, 5.74) is 3.31. The Morgan fingerprint density at radius 2 is 2.16 bits per heavy atom. The molecule has 0 saturated carbocycles. The maximum atomic E-state index is 13.0. The van der Waals surface area contributed by atoms with Gasteiger partial charge in [-0.05, 0) is 49.8 Å². The molecular formula is C23H23ClN4O3. The summed E-state index contributed by atoms with van der Waals surface area (Å²) < 4.78 is 13.3. The van der Waals surface area contributed by atoms with Crippen molar-refractivity contribution in [3.8, 4) is 11.4 Å². The van der Waals surface area contributed by atoms with Gasteiger partial charge in [0.15, 0.2) is 5.76 Å². The number of methoxy groups -OCH3 is 1. The highest BCUT2D eigenvalue weighted by Crippen LogP contribution is 2.27. The minimum absolute atomic E-state index is 0.141. The highest BCUT2D eigenvalue weighted by Gasteiger charge is 2.29. The molecule has 0 bridgehead atoms. The molecule has 1 aromatic carbocycles. The molecule has 31 heavy (non-hydrogen) atoms. The lowest BCUT2D eigenvalue weighted by Crippen LogP contribution is -2.43. The lowest BCUT2D eigenvalue weighted by Gasteiger charge is -2.32. The van der Waals surface area contributed by atoms with Gasteiger partial charge in [0.05, 0.1) is 43.6 Å². The number of carbonyl (C=O) groups excluding carboxylic acids is 1. The van der Waals surface area contributed by atoms with Gasteiger partial charge >= 0.3 is 0 Å². The van der Waals surface area contributed by atoms with Crippen molar-refractivity contribution in [2.75, 3.05) is 13.7 Å². The average molecular weight is 439 g/mol. The van der Waals surface area contributed by atoms with Gasteiger partial charge in [-0.1, -0.05) is 23.7 Å². The van der Waals surface area contributed by atoms with Gasteiger partial charge in [0.1, 0.15) is 17.0 Å². The van der Waals surface area contributed by atoms with E-state index in [0.717, 1.165) is 22.6 Å². The molecule has 0 unspecified atom stereocenters. The SMILES string of the molecule is COc1cc(C=C2O[C@@H](C)CN(Cc3cccc(Cl)n3)C2=O)ccc1-n1cnc(C)c1. The van der Waals surface area contributed by atoms with E-state index in [1.165, 1.54) is 0 Å². The first kappa shape index (κ1) is 20.9. The predicted octanol–water partition coefficient (Wildman–Crippen LogP) is 4.03. The van der Waals surface area contributed by atoms with Crippen molar-refractivity contribution in [3.05, 3.63) is 76.8 Å². The summed E-state index contributed by atoms with van der Waals surface area (Å²) in [5.74, 6) is 0.769.